The van der Waals surface area contributed by atoms with E-state index in [1.54, 1.807) is 18.2 Å². The van der Waals surface area contributed by atoms with Crippen LogP contribution in [0.1, 0.15) is 41.6 Å². The van der Waals surface area contributed by atoms with Crippen molar-refractivity contribution in [1.29, 1.82) is 0 Å². The summed E-state index contributed by atoms with van der Waals surface area (Å²) in [5.41, 5.74) is 6.13. The molecule has 0 unspecified atom stereocenters. The normalized spacial score (nSPS) is 17.4. The van der Waals surface area contributed by atoms with Crippen LogP contribution < -0.4 is 10.5 Å². The third kappa shape index (κ3) is 4.06. The number of nitrogens with two attached hydrogens (primary N) is 1. The fourth-order valence-corrected chi connectivity index (χ4v) is 4.53. The van der Waals surface area contributed by atoms with Crippen molar-refractivity contribution in [2.24, 2.45) is 5.73 Å². The van der Waals surface area contributed by atoms with Crippen LogP contribution in [0.4, 0.5) is 0 Å². The molecule has 1 aliphatic carbocycles. The van der Waals surface area contributed by atoms with Gasteiger partial charge in [-0.1, -0.05) is 25.0 Å². The fraction of sp³-hybridized carbons (Fsp3) is 0.533. The van der Waals surface area contributed by atoms with Gasteiger partial charge in [0, 0.05) is 12.1 Å². The minimum atomic E-state index is -3.52. The van der Waals surface area contributed by atoms with Gasteiger partial charge >= 0.3 is 5.97 Å². The smallest absolute Gasteiger partial charge is 0.337 e. The van der Waals surface area contributed by atoms with Crippen LogP contribution in [-0.4, -0.2) is 33.6 Å². The summed E-state index contributed by atoms with van der Waals surface area (Å²) in [6.45, 7) is 0.300. The molecule has 0 saturated heterocycles. The first-order valence-corrected chi connectivity index (χ1v) is 8.94. The molecule has 0 bridgehead atoms. The Bertz CT molecular complexity index is 637. The molecule has 22 heavy (non-hydrogen) atoms. The van der Waals surface area contributed by atoms with E-state index >= 15 is 0 Å². The third-order valence-corrected chi connectivity index (χ3v) is 5.49. The molecule has 0 heterocycles. The van der Waals surface area contributed by atoms with E-state index < -0.39 is 21.5 Å². The van der Waals surface area contributed by atoms with E-state index in [0.29, 0.717) is 17.7 Å². The highest BCUT2D eigenvalue weighted by molar-refractivity contribution is 7.88. The number of sulfonamides is 1. The van der Waals surface area contributed by atoms with E-state index in [2.05, 4.69) is 9.46 Å². The van der Waals surface area contributed by atoms with Crippen molar-refractivity contribution in [3.8, 4) is 0 Å². The molecule has 3 N–H and O–H groups in total. The molecule has 0 atom stereocenters. The average molecular weight is 326 g/mol. The molecule has 0 aliphatic heterocycles. The van der Waals surface area contributed by atoms with Crippen molar-refractivity contribution in [3.63, 3.8) is 0 Å². The molecule has 2 rings (SSSR count). The summed E-state index contributed by atoms with van der Waals surface area (Å²) >= 11 is 0. The lowest BCUT2D eigenvalue weighted by atomic mass is 10.0. The maximum atomic E-state index is 12.4. The largest absolute Gasteiger partial charge is 0.465 e. The highest BCUT2D eigenvalue weighted by Crippen LogP contribution is 2.29. The zero-order chi connectivity index (χ0) is 16.2. The maximum Gasteiger partial charge on any atom is 0.337 e. The first-order chi connectivity index (χ1) is 10.4. The second kappa shape index (κ2) is 6.76. The summed E-state index contributed by atoms with van der Waals surface area (Å²) in [7, 11) is -2.23. The lowest BCUT2D eigenvalue weighted by Crippen LogP contribution is -2.51. The van der Waals surface area contributed by atoms with Crippen LogP contribution in [-0.2, 0) is 20.5 Å². The van der Waals surface area contributed by atoms with Crippen LogP contribution in [0.15, 0.2) is 24.3 Å². The number of rotatable bonds is 6. The summed E-state index contributed by atoms with van der Waals surface area (Å²) < 4.78 is 32.2. The van der Waals surface area contributed by atoms with Crippen LogP contribution in [0.25, 0.3) is 0 Å². The van der Waals surface area contributed by atoms with E-state index in [4.69, 9.17) is 5.73 Å². The molecule has 1 fully saturated rings. The minimum Gasteiger partial charge on any atom is -0.465 e. The SMILES string of the molecule is COC(=O)c1cccc(CS(=O)(=O)NC2(CN)CCCC2)c1. The van der Waals surface area contributed by atoms with E-state index in [-0.39, 0.29) is 5.75 Å². The van der Waals surface area contributed by atoms with Crippen LogP contribution in [0, 0.1) is 0 Å². The Balaban J connectivity index is 2.13. The molecule has 0 aromatic heterocycles. The summed E-state index contributed by atoms with van der Waals surface area (Å²) in [5, 5.41) is 0. The molecule has 7 heteroatoms. The van der Waals surface area contributed by atoms with E-state index in [9.17, 15) is 13.2 Å². The Labute approximate surface area is 131 Å². The van der Waals surface area contributed by atoms with Gasteiger partial charge in [-0.3, -0.25) is 0 Å². The minimum absolute atomic E-state index is 0.181. The van der Waals surface area contributed by atoms with Gasteiger partial charge in [0.1, 0.15) is 0 Å². The topological polar surface area (TPSA) is 98.5 Å². The van der Waals surface area contributed by atoms with Gasteiger partial charge < -0.3 is 10.5 Å². The molecular weight excluding hydrogens is 304 g/mol. The molecule has 1 aromatic rings. The monoisotopic (exact) mass is 326 g/mol. The summed E-state index contributed by atoms with van der Waals surface area (Å²) in [6, 6.07) is 6.45. The lowest BCUT2D eigenvalue weighted by Gasteiger charge is -2.28. The third-order valence-electron chi connectivity index (χ3n) is 4.03. The van der Waals surface area contributed by atoms with Crippen LogP contribution in [0.3, 0.4) is 0 Å². The number of carbonyl (C=O) groups excluding carboxylic acids is 1. The number of hydrogen-bond acceptors (Lipinski definition) is 5. The van der Waals surface area contributed by atoms with Gasteiger partial charge in [-0.25, -0.2) is 17.9 Å². The summed E-state index contributed by atoms with van der Waals surface area (Å²) in [4.78, 5) is 11.5. The van der Waals surface area contributed by atoms with Crippen molar-refractivity contribution in [2.75, 3.05) is 13.7 Å². The standard InChI is InChI=1S/C15H22N2O4S/c1-21-14(18)13-6-4-5-12(9-13)10-22(19,20)17-15(11-16)7-2-3-8-15/h4-6,9,17H,2-3,7-8,10-11,16H2,1H3. The number of benzene rings is 1. The van der Waals surface area contributed by atoms with Gasteiger partial charge in [0.2, 0.25) is 10.0 Å². The van der Waals surface area contributed by atoms with Gasteiger partial charge in [-0.2, -0.15) is 0 Å². The van der Waals surface area contributed by atoms with Gasteiger partial charge in [-0.05, 0) is 30.5 Å². The Morgan fingerprint density at radius 1 is 1.36 bits per heavy atom. The average Bonchev–Trinajstić information content (AvgIpc) is 2.94. The first kappa shape index (κ1) is 16.9. The fourth-order valence-electron chi connectivity index (χ4n) is 2.89. The van der Waals surface area contributed by atoms with Gasteiger partial charge in [-0.15, -0.1) is 0 Å². The molecule has 0 radical (unpaired) electrons. The van der Waals surface area contributed by atoms with Crippen molar-refractivity contribution in [2.45, 2.75) is 37.0 Å². The Morgan fingerprint density at radius 3 is 2.64 bits per heavy atom. The second-order valence-electron chi connectivity index (χ2n) is 5.74. The van der Waals surface area contributed by atoms with E-state index in [1.807, 2.05) is 0 Å². The molecule has 122 valence electrons. The molecule has 1 aromatic carbocycles. The number of esters is 1. The van der Waals surface area contributed by atoms with Crippen molar-refractivity contribution in [3.05, 3.63) is 35.4 Å². The molecular formula is C15H22N2O4S. The predicted octanol–water partition coefficient (Wildman–Crippen LogP) is 1.16. The Kier molecular flexibility index (Phi) is 5.20. The van der Waals surface area contributed by atoms with Gasteiger partial charge in [0.05, 0.1) is 18.4 Å². The Hall–Kier alpha value is -1.44. The highest BCUT2D eigenvalue weighted by Gasteiger charge is 2.36. The quantitative estimate of drug-likeness (QED) is 0.765. The van der Waals surface area contributed by atoms with Crippen molar-refractivity contribution < 1.29 is 17.9 Å². The Morgan fingerprint density at radius 2 is 2.05 bits per heavy atom. The van der Waals surface area contributed by atoms with E-state index in [1.165, 1.54) is 13.2 Å². The van der Waals surface area contributed by atoms with Gasteiger partial charge in [0.15, 0.2) is 0 Å². The van der Waals surface area contributed by atoms with Crippen LogP contribution in [0.2, 0.25) is 0 Å². The summed E-state index contributed by atoms with van der Waals surface area (Å²) in [5.74, 6) is -0.666. The zero-order valence-corrected chi connectivity index (χ0v) is 13.5. The number of methoxy groups -OCH3 is 1. The van der Waals surface area contributed by atoms with Crippen LogP contribution >= 0.6 is 0 Å². The van der Waals surface area contributed by atoms with E-state index in [0.717, 1.165) is 25.7 Å². The predicted molar refractivity (Wildman–Crippen MR) is 83.8 cm³/mol. The molecule has 1 saturated carbocycles. The molecule has 0 spiro atoms. The lowest BCUT2D eigenvalue weighted by molar-refractivity contribution is 0.0600. The second-order valence-corrected chi connectivity index (χ2v) is 7.47. The van der Waals surface area contributed by atoms with Crippen molar-refractivity contribution >= 4 is 16.0 Å². The number of nitrogens with one attached hydrogen (secondary N) is 1. The number of carbonyl (C=O) groups is 1. The molecule has 0 amide bonds. The number of hydrogen-bond donors (Lipinski definition) is 2. The first-order valence-electron chi connectivity index (χ1n) is 7.29. The van der Waals surface area contributed by atoms with Gasteiger partial charge in [0.25, 0.3) is 0 Å². The molecule has 6 nitrogen and oxygen atoms in total. The summed E-state index contributed by atoms with van der Waals surface area (Å²) in [6.07, 6.45) is 3.50. The zero-order valence-electron chi connectivity index (χ0n) is 12.7. The van der Waals surface area contributed by atoms with Crippen molar-refractivity contribution in [1.82, 2.24) is 4.72 Å². The van der Waals surface area contributed by atoms with Crippen LogP contribution in [0.5, 0.6) is 0 Å². The maximum absolute atomic E-state index is 12.4. The molecule has 1 aliphatic rings. The number of ether oxygens (including phenoxy) is 1. The highest BCUT2D eigenvalue weighted by atomic mass is 32.2.